The lowest BCUT2D eigenvalue weighted by Gasteiger charge is -2.30. The highest BCUT2D eigenvalue weighted by atomic mass is 32.1. The number of hydrogen-bond acceptors (Lipinski definition) is 5. The quantitative estimate of drug-likeness (QED) is 0.464. The Morgan fingerprint density at radius 1 is 1.38 bits per heavy atom. The minimum absolute atomic E-state index is 0.127. The standard InChI is InChI=1S/C17H20N2O4S/c1-5-8-23-16(20)14-10(2)18-17(24)19-15(14)12-9-11(21-3)6-7-13(12)22-4/h5-7,9,15H,1,8H2,2-4H3,(H2,18,19,24). The van der Waals surface area contributed by atoms with Crippen molar-refractivity contribution in [3.63, 3.8) is 0 Å². The highest BCUT2D eigenvalue weighted by molar-refractivity contribution is 7.80. The van der Waals surface area contributed by atoms with Gasteiger partial charge in [-0.1, -0.05) is 12.7 Å². The number of carbonyl (C=O) groups is 1. The molecule has 0 saturated carbocycles. The van der Waals surface area contributed by atoms with E-state index in [4.69, 9.17) is 26.4 Å². The lowest BCUT2D eigenvalue weighted by Crippen LogP contribution is -2.45. The van der Waals surface area contributed by atoms with Crippen LogP contribution in [0.1, 0.15) is 18.5 Å². The Hall–Kier alpha value is -2.54. The van der Waals surface area contributed by atoms with Gasteiger partial charge in [0, 0.05) is 11.3 Å². The molecule has 1 aliphatic heterocycles. The van der Waals surface area contributed by atoms with Gasteiger partial charge >= 0.3 is 5.97 Å². The first kappa shape index (κ1) is 17.8. The van der Waals surface area contributed by atoms with Crippen LogP contribution in [0, 0.1) is 0 Å². The highest BCUT2D eigenvalue weighted by Crippen LogP contribution is 2.35. The third-order valence-corrected chi connectivity index (χ3v) is 3.79. The molecule has 0 aliphatic carbocycles. The van der Waals surface area contributed by atoms with Gasteiger partial charge in [-0.15, -0.1) is 0 Å². The maximum Gasteiger partial charge on any atom is 0.338 e. The van der Waals surface area contributed by atoms with Crippen molar-refractivity contribution in [1.29, 1.82) is 0 Å². The van der Waals surface area contributed by atoms with E-state index in [0.29, 0.717) is 27.9 Å². The van der Waals surface area contributed by atoms with Crippen LogP contribution < -0.4 is 20.1 Å². The molecule has 1 aliphatic rings. The van der Waals surface area contributed by atoms with Gasteiger partial charge < -0.3 is 24.8 Å². The highest BCUT2D eigenvalue weighted by Gasteiger charge is 2.33. The minimum Gasteiger partial charge on any atom is -0.497 e. The molecular weight excluding hydrogens is 328 g/mol. The normalized spacial score (nSPS) is 16.8. The Labute approximate surface area is 146 Å². The molecule has 128 valence electrons. The summed E-state index contributed by atoms with van der Waals surface area (Å²) in [5.41, 5.74) is 1.78. The monoisotopic (exact) mass is 348 g/mol. The Bertz CT molecular complexity index is 700. The number of methoxy groups -OCH3 is 2. The molecule has 0 fully saturated rings. The second-order valence-electron chi connectivity index (χ2n) is 5.07. The summed E-state index contributed by atoms with van der Waals surface area (Å²) >= 11 is 5.23. The molecule has 24 heavy (non-hydrogen) atoms. The molecular formula is C17H20N2O4S. The molecule has 1 atom stereocenters. The summed E-state index contributed by atoms with van der Waals surface area (Å²) in [5, 5.41) is 6.47. The lowest BCUT2D eigenvalue weighted by molar-refractivity contribution is -0.138. The van der Waals surface area contributed by atoms with E-state index in [1.807, 2.05) is 0 Å². The molecule has 1 aromatic carbocycles. The summed E-state index contributed by atoms with van der Waals surface area (Å²) in [6.07, 6.45) is 1.52. The predicted molar refractivity (Wildman–Crippen MR) is 95.0 cm³/mol. The molecule has 0 amide bonds. The molecule has 2 N–H and O–H groups in total. The first-order valence-electron chi connectivity index (χ1n) is 7.30. The van der Waals surface area contributed by atoms with Crippen molar-refractivity contribution in [1.82, 2.24) is 10.6 Å². The van der Waals surface area contributed by atoms with Crippen LogP contribution in [0.4, 0.5) is 0 Å². The molecule has 2 rings (SSSR count). The van der Waals surface area contributed by atoms with Gasteiger partial charge in [0.2, 0.25) is 0 Å². The second-order valence-corrected chi connectivity index (χ2v) is 5.47. The van der Waals surface area contributed by atoms with E-state index in [0.717, 1.165) is 5.56 Å². The summed E-state index contributed by atoms with van der Waals surface area (Å²) in [5.74, 6) is 0.804. The van der Waals surface area contributed by atoms with E-state index in [2.05, 4.69) is 17.2 Å². The van der Waals surface area contributed by atoms with E-state index in [1.54, 1.807) is 39.3 Å². The number of allylic oxidation sites excluding steroid dienone is 1. The molecule has 0 radical (unpaired) electrons. The molecule has 1 heterocycles. The number of hydrogen-bond donors (Lipinski definition) is 2. The molecule has 6 nitrogen and oxygen atoms in total. The summed E-state index contributed by atoms with van der Waals surface area (Å²) in [6, 6.07) is 4.86. The predicted octanol–water partition coefficient (Wildman–Crippen LogP) is 2.23. The Kier molecular flexibility index (Phi) is 5.81. The molecule has 0 aromatic heterocycles. The number of carbonyl (C=O) groups excluding carboxylic acids is 1. The van der Waals surface area contributed by atoms with Gasteiger partial charge in [0.05, 0.1) is 25.8 Å². The Balaban J connectivity index is 2.52. The zero-order valence-corrected chi connectivity index (χ0v) is 14.7. The van der Waals surface area contributed by atoms with E-state index >= 15 is 0 Å². The van der Waals surface area contributed by atoms with Gasteiger partial charge in [-0.25, -0.2) is 4.79 Å². The maximum absolute atomic E-state index is 12.5. The topological polar surface area (TPSA) is 68.8 Å². The number of benzene rings is 1. The van der Waals surface area contributed by atoms with Crippen molar-refractivity contribution in [3.8, 4) is 11.5 Å². The van der Waals surface area contributed by atoms with Gasteiger partial charge in [0.1, 0.15) is 18.1 Å². The third kappa shape index (κ3) is 3.68. The maximum atomic E-state index is 12.5. The zero-order valence-electron chi connectivity index (χ0n) is 13.8. The van der Waals surface area contributed by atoms with Crippen molar-refractivity contribution in [3.05, 3.63) is 47.7 Å². The number of esters is 1. The molecule has 1 aromatic rings. The molecule has 0 bridgehead atoms. The Morgan fingerprint density at radius 3 is 2.75 bits per heavy atom. The SMILES string of the molecule is C=CCOC(=O)C1=C(C)NC(=S)NC1c1cc(OC)ccc1OC. The molecule has 0 saturated heterocycles. The van der Waals surface area contributed by atoms with E-state index in [-0.39, 0.29) is 6.61 Å². The van der Waals surface area contributed by atoms with E-state index < -0.39 is 12.0 Å². The first-order chi connectivity index (χ1) is 11.5. The Morgan fingerprint density at radius 2 is 2.12 bits per heavy atom. The van der Waals surface area contributed by atoms with Crippen LogP contribution >= 0.6 is 12.2 Å². The van der Waals surface area contributed by atoms with Gasteiger partial charge in [-0.2, -0.15) is 0 Å². The van der Waals surface area contributed by atoms with Gasteiger partial charge in [-0.3, -0.25) is 0 Å². The van der Waals surface area contributed by atoms with Crippen LogP contribution in [0.25, 0.3) is 0 Å². The van der Waals surface area contributed by atoms with Crippen LogP contribution in [0.15, 0.2) is 42.1 Å². The van der Waals surface area contributed by atoms with Crippen molar-refractivity contribution in [2.45, 2.75) is 13.0 Å². The molecule has 1 unspecified atom stereocenters. The summed E-state index contributed by atoms with van der Waals surface area (Å²) < 4.78 is 15.9. The van der Waals surface area contributed by atoms with Crippen LogP contribution in [-0.2, 0) is 9.53 Å². The summed E-state index contributed by atoms with van der Waals surface area (Å²) in [6.45, 7) is 5.46. The summed E-state index contributed by atoms with van der Waals surface area (Å²) in [7, 11) is 3.14. The van der Waals surface area contributed by atoms with Crippen molar-refractivity contribution >= 4 is 23.3 Å². The van der Waals surface area contributed by atoms with E-state index in [1.165, 1.54) is 6.08 Å². The van der Waals surface area contributed by atoms with Crippen LogP contribution in [0.3, 0.4) is 0 Å². The molecule has 7 heteroatoms. The zero-order chi connectivity index (χ0) is 17.7. The van der Waals surface area contributed by atoms with Crippen LogP contribution in [0.2, 0.25) is 0 Å². The van der Waals surface area contributed by atoms with Gasteiger partial charge in [0.25, 0.3) is 0 Å². The van der Waals surface area contributed by atoms with Crippen LogP contribution in [0.5, 0.6) is 11.5 Å². The number of ether oxygens (including phenoxy) is 3. The fourth-order valence-corrected chi connectivity index (χ4v) is 2.75. The van der Waals surface area contributed by atoms with Crippen LogP contribution in [-0.4, -0.2) is 31.9 Å². The second kappa shape index (κ2) is 7.83. The first-order valence-corrected chi connectivity index (χ1v) is 7.70. The fourth-order valence-electron chi connectivity index (χ4n) is 2.48. The summed E-state index contributed by atoms with van der Waals surface area (Å²) in [4.78, 5) is 12.5. The number of rotatable bonds is 6. The minimum atomic E-state index is -0.513. The van der Waals surface area contributed by atoms with Crippen molar-refractivity contribution in [2.75, 3.05) is 20.8 Å². The van der Waals surface area contributed by atoms with Gasteiger partial charge in [0.15, 0.2) is 5.11 Å². The number of thiocarbonyl (C=S) groups is 1. The van der Waals surface area contributed by atoms with Crippen molar-refractivity contribution < 1.29 is 19.0 Å². The largest absolute Gasteiger partial charge is 0.497 e. The number of nitrogens with one attached hydrogen (secondary N) is 2. The average molecular weight is 348 g/mol. The average Bonchev–Trinajstić information content (AvgIpc) is 2.58. The lowest BCUT2D eigenvalue weighted by atomic mass is 9.94. The fraction of sp³-hybridized carbons (Fsp3) is 0.294. The smallest absolute Gasteiger partial charge is 0.338 e. The third-order valence-electron chi connectivity index (χ3n) is 3.57. The van der Waals surface area contributed by atoms with E-state index in [9.17, 15) is 4.79 Å². The van der Waals surface area contributed by atoms with Crippen molar-refractivity contribution in [2.24, 2.45) is 0 Å². The molecule has 0 spiro atoms. The van der Waals surface area contributed by atoms with Gasteiger partial charge in [-0.05, 0) is 37.3 Å².